The molecule has 0 spiro atoms. The Kier molecular flexibility index (Phi) is 5.64. The number of piperazine rings is 1. The van der Waals surface area contributed by atoms with Gasteiger partial charge in [-0.1, -0.05) is 24.3 Å². The van der Waals surface area contributed by atoms with Crippen LogP contribution in [0.25, 0.3) is 0 Å². The Labute approximate surface area is 171 Å². The second-order valence-electron chi connectivity index (χ2n) is 7.62. The summed E-state index contributed by atoms with van der Waals surface area (Å²) in [5, 5.41) is 5.66. The second-order valence-corrected chi connectivity index (χ2v) is 7.62. The maximum absolute atomic E-state index is 12.3. The van der Waals surface area contributed by atoms with Gasteiger partial charge in [0.05, 0.1) is 0 Å². The molecule has 7 heteroatoms. The molecule has 0 radical (unpaired) electrons. The van der Waals surface area contributed by atoms with E-state index in [4.69, 9.17) is 0 Å². The van der Waals surface area contributed by atoms with Crippen LogP contribution >= 0.6 is 0 Å². The Balaban J connectivity index is 1.38. The summed E-state index contributed by atoms with van der Waals surface area (Å²) in [6, 6.07) is 12.0. The van der Waals surface area contributed by atoms with Gasteiger partial charge in [0.25, 0.3) is 0 Å². The normalized spacial score (nSPS) is 19.2. The molecule has 1 aromatic carbocycles. The fourth-order valence-electron chi connectivity index (χ4n) is 4.05. The zero-order chi connectivity index (χ0) is 20.2. The predicted molar refractivity (Wildman–Crippen MR) is 113 cm³/mol. The van der Waals surface area contributed by atoms with E-state index in [0.717, 1.165) is 37.6 Å². The smallest absolute Gasteiger partial charge is 0.242 e. The van der Waals surface area contributed by atoms with Crippen molar-refractivity contribution < 1.29 is 9.59 Å². The first-order valence-electron chi connectivity index (χ1n) is 10.2. The fourth-order valence-corrected chi connectivity index (χ4v) is 4.05. The monoisotopic (exact) mass is 393 g/mol. The molecule has 1 aromatic heterocycles. The number of aromatic nitrogens is 1. The number of benzene rings is 1. The lowest BCUT2D eigenvalue weighted by Gasteiger charge is -2.38. The largest absolute Gasteiger partial charge is 0.368 e. The van der Waals surface area contributed by atoms with E-state index in [1.807, 2.05) is 12.1 Å². The lowest BCUT2D eigenvalue weighted by molar-refractivity contribution is -0.125. The number of hydrogen-bond donors (Lipinski definition) is 2. The number of para-hydroxylation sites is 1. The SMILES string of the molecule is Cc1ccccc1N1CCN(c2ncccc2CNC(=O)C2CCC(=O)N2)CC1. The minimum Gasteiger partial charge on any atom is -0.368 e. The number of anilines is 2. The molecule has 152 valence electrons. The van der Waals surface area contributed by atoms with Crippen molar-refractivity contribution in [1.29, 1.82) is 0 Å². The van der Waals surface area contributed by atoms with Gasteiger partial charge in [-0.2, -0.15) is 0 Å². The number of aryl methyl sites for hydroxylation is 1. The van der Waals surface area contributed by atoms with Crippen molar-refractivity contribution >= 4 is 23.3 Å². The van der Waals surface area contributed by atoms with Crippen LogP contribution in [0.1, 0.15) is 24.0 Å². The molecule has 2 fully saturated rings. The van der Waals surface area contributed by atoms with Crippen LogP contribution in [0.3, 0.4) is 0 Å². The van der Waals surface area contributed by atoms with Crippen molar-refractivity contribution in [2.45, 2.75) is 32.4 Å². The van der Waals surface area contributed by atoms with Crippen molar-refractivity contribution in [3.05, 3.63) is 53.7 Å². The Hall–Kier alpha value is -3.09. The number of nitrogens with zero attached hydrogens (tertiary/aromatic N) is 3. The Morgan fingerprint density at radius 2 is 1.90 bits per heavy atom. The average molecular weight is 393 g/mol. The van der Waals surface area contributed by atoms with E-state index >= 15 is 0 Å². The number of amides is 2. The standard InChI is InChI=1S/C22H27N5O2/c1-16-5-2-3-7-19(16)26-11-13-27(14-12-26)21-17(6-4-10-23-21)15-24-22(29)18-8-9-20(28)25-18/h2-7,10,18H,8-9,11-15H2,1H3,(H,24,29)(H,25,28). The van der Waals surface area contributed by atoms with Crippen LogP contribution in [0, 0.1) is 6.92 Å². The summed E-state index contributed by atoms with van der Waals surface area (Å²) < 4.78 is 0. The molecule has 29 heavy (non-hydrogen) atoms. The van der Waals surface area contributed by atoms with Gasteiger partial charge in [-0.25, -0.2) is 4.98 Å². The molecule has 4 rings (SSSR count). The minimum atomic E-state index is -0.416. The van der Waals surface area contributed by atoms with E-state index in [2.05, 4.69) is 56.6 Å². The molecule has 2 aromatic rings. The topological polar surface area (TPSA) is 77.6 Å². The third-order valence-corrected chi connectivity index (χ3v) is 5.67. The molecule has 1 unspecified atom stereocenters. The predicted octanol–water partition coefficient (Wildman–Crippen LogP) is 1.61. The quantitative estimate of drug-likeness (QED) is 0.807. The third kappa shape index (κ3) is 4.34. The highest BCUT2D eigenvalue weighted by Gasteiger charge is 2.27. The number of carbonyl (C=O) groups excluding carboxylic acids is 2. The van der Waals surface area contributed by atoms with Gasteiger partial charge in [0.1, 0.15) is 11.9 Å². The number of pyridine rings is 1. The Morgan fingerprint density at radius 3 is 2.62 bits per heavy atom. The lowest BCUT2D eigenvalue weighted by Crippen LogP contribution is -2.47. The maximum Gasteiger partial charge on any atom is 0.242 e. The lowest BCUT2D eigenvalue weighted by atomic mass is 10.1. The van der Waals surface area contributed by atoms with Crippen molar-refractivity contribution in [2.24, 2.45) is 0 Å². The molecule has 0 bridgehead atoms. The number of carbonyl (C=O) groups is 2. The first kappa shape index (κ1) is 19.2. The number of nitrogens with one attached hydrogen (secondary N) is 2. The minimum absolute atomic E-state index is 0.0567. The highest BCUT2D eigenvalue weighted by Crippen LogP contribution is 2.24. The summed E-state index contributed by atoms with van der Waals surface area (Å²) in [6.45, 7) is 6.18. The van der Waals surface area contributed by atoms with Gasteiger partial charge in [0.2, 0.25) is 11.8 Å². The highest BCUT2D eigenvalue weighted by atomic mass is 16.2. The van der Waals surface area contributed by atoms with Crippen LogP contribution in [-0.2, 0) is 16.1 Å². The molecule has 1 atom stereocenters. The molecule has 2 aliphatic rings. The van der Waals surface area contributed by atoms with Gasteiger partial charge in [0, 0.05) is 56.6 Å². The molecule has 2 amide bonds. The van der Waals surface area contributed by atoms with Gasteiger partial charge in [-0.05, 0) is 31.0 Å². The molecule has 2 aliphatic heterocycles. The van der Waals surface area contributed by atoms with Crippen LogP contribution < -0.4 is 20.4 Å². The molecule has 2 saturated heterocycles. The third-order valence-electron chi connectivity index (χ3n) is 5.67. The van der Waals surface area contributed by atoms with Gasteiger partial charge in [-0.15, -0.1) is 0 Å². The summed E-state index contributed by atoms with van der Waals surface area (Å²) in [4.78, 5) is 32.9. The van der Waals surface area contributed by atoms with Gasteiger partial charge < -0.3 is 20.4 Å². The van der Waals surface area contributed by atoms with Gasteiger partial charge in [-0.3, -0.25) is 9.59 Å². The van der Waals surface area contributed by atoms with Crippen molar-refractivity contribution in [3.8, 4) is 0 Å². The summed E-state index contributed by atoms with van der Waals surface area (Å²) in [6.07, 6.45) is 2.78. The van der Waals surface area contributed by atoms with E-state index in [0.29, 0.717) is 19.4 Å². The van der Waals surface area contributed by atoms with Crippen LogP contribution in [-0.4, -0.2) is 49.0 Å². The van der Waals surface area contributed by atoms with E-state index in [1.165, 1.54) is 11.3 Å². The molecule has 0 aliphatic carbocycles. The second kappa shape index (κ2) is 8.51. The van der Waals surface area contributed by atoms with E-state index in [1.54, 1.807) is 6.20 Å². The highest BCUT2D eigenvalue weighted by molar-refractivity contribution is 5.90. The first-order chi connectivity index (χ1) is 14.1. The average Bonchev–Trinajstić information content (AvgIpc) is 3.19. The summed E-state index contributed by atoms with van der Waals surface area (Å²) >= 11 is 0. The molecule has 2 N–H and O–H groups in total. The number of rotatable bonds is 5. The van der Waals surface area contributed by atoms with Gasteiger partial charge in [0.15, 0.2) is 0 Å². The van der Waals surface area contributed by atoms with Crippen molar-refractivity contribution in [3.63, 3.8) is 0 Å². The van der Waals surface area contributed by atoms with Crippen molar-refractivity contribution in [1.82, 2.24) is 15.6 Å². The number of hydrogen-bond acceptors (Lipinski definition) is 5. The van der Waals surface area contributed by atoms with Crippen LogP contribution in [0.5, 0.6) is 0 Å². The summed E-state index contributed by atoms with van der Waals surface area (Å²) in [7, 11) is 0. The molecule has 3 heterocycles. The van der Waals surface area contributed by atoms with Crippen LogP contribution in [0.15, 0.2) is 42.6 Å². The summed E-state index contributed by atoms with van der Waals surface area (Å²) in [5.41, 5.74) is 3.58. The maximum atomic E-state index is 12.3. The van der Waals surface area contributed by atoms with E-state index < -0.39 is 6.04 Å². The zero-order valence-electron chi connectivity index (χ0n) is 16.7. The fraction of sp³-hybridized carbons (Fsp3) is 0.409. The van der Waals surface area contributed by atoms with Crippen molar-refractivity contribution in [2.75, 3.05) is 36.0 Å². The first-order valence-corrected chi connectivity index (χ1v) is 10.2. The van der Waals surface area contributed by atoms with E-state index in [9.17, 15) is 9.59 Å². The Bertz CT molecular complexity index is 892. The molecule has 0 saturated carbocycles. The van der Waals surface area contributed by atoms with Gasteiger partial charge >= 0.3 is 0 Å². The van der Waals surface area contributed by atoms with E-state index in [-0.39, 0.29) is 11.8 Å². The summed E-state index contributed by atoms with van der Waals surface area (Å²) in [5.74, 6) is 0.737. The zero-order valence-corrected chi connectivity index (χ0v) is 16.7. The van der Waals surface area contributed by atoms with Crippen LogP contribution in [0.4, 0.5) is 11.5 Å². The Morgan fingerprint density at radius 1 is 1.14 bits per heavy atom. The molecular formula is C22H27N5O2. The molecule has 7 nitrogen and oxygen atoms in total. The molecular weight excluding hydrogens is 366 g/mol. The van der Waals surface area contributed by atoms with Crippen LogP contribution in [0.2, 0.25) is 0 Å².